The Hall–Kier alpha value is -3.29. The molecular weight excluding hydrogens is 393 g/mol. The molecule has 8 heteroatoms. The predicted octanol–water partition coefficient (Wildman–Crippen LogP) is 2.82. The first-order chi connectivity index (χ1) is 14.5. The number of carbonyl (C=O) groups excluding carboxylic acids is 1. The number of halogens is 1. The van der Waals surface area contributed by atoms with E-state index in [1.165, 1.54) is 34.5 Å². The number of benzene rings is 1. The second-order valence-corrected chi connectivity index (χ2v) is 6.75. The molecule has 0 aromatic heterocycles. The van der Waals surface area contributed by atoms with E-state index in [9.17, 15) is 14.0 Å². The summed E-state index contributed by atoms with van der Waals surface area (Å²) in [6.07, 6.45) is 0.989. The van der Waals surface area contributed by atoms with Gasteiger partial charge in [-0.25, -0.2) is 4.39 Å². The van der Waals surface area contributed by atoms with Gasteiger partial charge in [-0.05, 0) is 47.7 Å². The van der Waals surface area contributed by atoms with Gasteiger partial charge < -0.3 is 24.3 Å². The van der Waals surface area contributed by atoms with E-state index in [-0.39, 0.29) is 11.2 Å². The second kappa shape index (κ2) is 9.02. The smallest absolute Gasteiger partial charge is 0.251 e. The SMILES string of the molecule is COc1cc2c(c(OC)c1OC)-c1ccc(OC)c(=O)cc1[C@H](NC(=O)CF)CC2. The molecule has 0 aliphatic heterocycles. The van der Waals surface area contributed by atoms with Gasteiger partial charge in [-0.3, -0.25) is 9.59 Å². The summed E-state index contributed by atoms with van der Waals surface area (Å²) < 4.78 is 34.8. The fraction of sp³-hybridized carbons (Fsp3) is 0.364. The molecule has 2 aromatic rings. The van der Waals surface area contributed by atoms with E-state index in [2.05, 4.69) is 5.32 Å². The van der Waals surface area contributed by atoms with Gasteiger partial charge in [-0.15, -0.1) is 0 Å². The Morgan fingerprint density at radius 1 is 1.03 bits per heavy atom. The summed E-state index contributed by atoms with van der Waals surface area (Å²) in [7, 11) is 5.98. The summed E-state index contributed by atoms with van der Waals surface area (Å²) in [6, 6.07) is 6.01. The van der Waals surface area contributed by atoms with Gasteiger partial charge in [0, 0.05) is 5.56 Å². The third-order valence-electron chi connectivity index (χ3n) is 5.18. The summed E-state index contributed by atoms with van der Waals surface area (Å²) in [4.78, 5) is 24.5. The third kappa shape index (κ3) is 3.77. The van der Waals surface area contributed by atoms with E-state index in [0.717, 1.165) is 11.1 Å². The van der Waals surface area contributed by atoms with Crippen molar-refractivity contribution in [3.05, 3.63) is 45.6 Å². The number of methoxy groups -OCH3 is 4. The molecule has 0 spiro atoms. The van der Waals surface area contributed by atoms with Crippen LogP contribution in [0.3, 0.4) is 0 Å². The maximum Gasteiger partial charge on any atom is 0.251 e. The maximum atomic E-state index is 12.9. The van der Waals surface area contributed by atoms with Crippen molar-refractivity contribution in [1.29, 1.82) is 0 Å². The van der Waals surface area contributed by atoms with Crippen LogP contribution in [-0.2, 0) is 11.2 Å². The number of nitrogens with one attached hydrogen (secondary N) is 1. The lowest BCUT2D eigenvalue weighted by atomic mass is 9.95. The van der Waals surface area contributed by atoms with Crippen LogP contribution in [0.4, 0.5) is 4.39 Å². The second-order valence-electron chi connectivity index (χ2n) is 6.75. The number of ether oxygens (including phenoxy) is 4. The van der Waals surface area contributed by atoms with Crippen molar-refractivity contribution < 1.29 is 28.1 Å². The van der Waals surface area contributed by atoms with Gasteiger partial charge in [0.1, 0.15) is 0 Å². The molecule has 1 aliphatic rings. The standard InChI is InChI=1S/C22H24FNO6/c1-27-17-8-6-13-14(10-16(17)25)15(24-19(26)11-23)7-5-12-9-18(28-2)21(29-3)22(30-4)20(12)13/h6,8-10,15H,5,7,11H2,1-4H3,(H,24,26)/t15-/m1/s1. The maximum absolute atomic E-state index is 12.9. The van der Waals surface area contributed by atoms with Crippen LogP contribution in [0, 0.1) is 0 Å². The van der Waals surface area contributed by atoms with Crippen molar-refractivity contribution in [3.8, 4) is 34.1 Å². The number of hydrogen-bond donors (Lipinski definition) is 1. The van der Waals surface area contributed by atoms with Crippen molar-refractivity contribution in [2.75, 3.05) is 35.1 Å². The van der Waals surface area contributed by atoms with Crippen LogP contribution in [0.25, 0.3) is 11.1 Å². The van der Waals surface area contributed by atoms with Gasteiger partial charge >= 0.3 is 0 Å². The largest absolute Gasteiger partial charge is 0.493 e. The molecule has 0 saturated heterocycles. The van der Waals surface area contributed by atoms with Crippen molar-refractivity contribution in [1.82, 2.24) is 5.32 Å². The molecule has 0 unspecified atom stereocenters. The van der Waals surface area contributed by atoms with Crippen molar-refractivity contribution in [2.24, 2.45) is 0 Å². The average molecular weight is 417 g/mol. The molecular formula is C22H24FNO6. The normalized spacial score (nSPS) is 14.6. The van der Waals surface area contributed by atoms with Crippen LogP contribution < -0.4 is 29.7 Å². The number of alkyl halides is 1. The van der Waals surface area contributed by atoms with Crippen LogP contribution in [0.1, 0.15) is 23.6 Å². The van der Waals surface area contributed by atoms with E-state index >= 15 is 0 Å². The first-order valence-electron chi connectivity index (χ1n) is 9.38. The predicted molar refractivity (Wildman–Crippen MR) is 110 cm³/mol. The molecule has 30 heavy (non-hydrogen) atoms. The van der Waals surface area contributed by atoms with Crippen LogP contribution in [-0.4, -0.2) is 41.0 Å². The highest BCUT2D eigenvalue weighted by Crippen LogP contribution is 2.50. The third-order valence-corrected chi connectivity index (χ3v) is 5.18. The molecule has 1 amide bonds. The number of carbonyl (C=O) groups is 1. The Morgan fingerprint density at radius 3 is 2.33 bits per heavy atom. The molecule has 0 fully saturated rings. The summed E-state index contributed by atoms with van der Waals surface area (Å²) >= 11 is 0. The highest BCUT2D eigenvalue weighted by atomic mass is 19.1. The summed E-state index contributed by atoms with van der Waals surface area (Å²) in [5, 5.41) is 2.68. The van der Waals surface area contributed by atoms with E-state index in [4.69, 9.17) is 18.9 Å². The fourth-order valence-corrected chi connectivity index (χ4v) is 3.85. The number of amides is 1. The van der Waals surface area contributed by atoms with Gasteiger partial charge in [0.15, 0.2) is 23.9 Å². The molecule has 2 aromatic carbocycles. The van der Waals surface area contributed by atoms with E-state index in [1.54, 1.807) is 12.1 Å². The number of fused-ring (bicyclic) bond motifs is 3. The van der Waals surface area contributed by atoms with Crippen molar-refractivity contribution >= 4 is 5.91 Å². The molecule has 1 aliphatic carbocycles. The average Bonchev–Trinajstić information content (AvgIpc) is 3.00. The number of aryl methyl sites for hydroxylation is 1. The lowest BCUT2D eigenvalue weighted by Crippen LogP contribution is -2.30. The molecule has 0 radical (unpaired) electrons. The minimum absolute atomic E-state index is 0.152. The monoisotopic (exact) mass is 417 g/mol. The van der Waals surface area contributed by atoms with E-state index in [0.29, 0.717) is 41.2 Å². The minimum Gasteiger partial charge on any atom is -0.493 e. The molecule has 3 rings (SSSR count). The van der Waals surface area contributed by atoms with Gasteiger partial charge in [-0.2, -0.15) is 0 Å². The Kier molecular flexibility index (Phi) is 6.44. The minimum atomic E-state index is -1.14. The fourth-order valence-electron chi connectivity index (χ4n) is 3.85. The van der Waals surface area contributed by atoms with Crippen molar-refractivity contribution in [3.63, 3.8) is 0 Å². The summed E-state index contributed by atoms with van der Waals surface area (Å²) in [5.74, 6) is 0.771. The van der Waals surface area contributed by atoms with Gasteiger partial charge in [0.25, 0.3) is 5.91 Å². The molecule has 1 atom stereocenters. The number of hydrogen-bond acceptors (Lipinski definition) is 6. The zero-order valence-corrected chi connectivity index (χ0v) is 17.3. The van der Waals surface area contributed by atoms with Crippen LogP contribution in [0.5, 0.6) is 23.0 Å². The lowest BCUT2D eigenvalue weighted by molar-refractivity contribution is -0.122. The quantitative estimate of drug-likeness (QED) is 0.778. The molecule has 160 valence electrons. The molecule has 1 N–H and O–H groups in total. The van der Waals surface area contributed by atoms with Crippen LogP contribution in [0.15, 0.2) is 29.1 Å². The molecule has 0 heterocycles. The highest BCUT2D eigenvalue weighted by Gasteiger charge is 2.29. The van der Waals surface area contributed by atoms with Crippen LogP contribution >= 0.6 is 0 Å². The van der Waals surface area contributed by atoms with Gasteiger partial charge in [0.2, 0.25) is 11.2 Å². The zero-order valence-electron chi connectivity index (χ0n) is 17.3. The molecule has 0 bridgehead atoms. The Balaban J connectivity index is 2.38. The lowest BCUT2D eigenvalue weighted by Gasteiger charge is -2.19. The Labute approximate surface area is 173 Å². The Morgan fingerprint density at radius 2 is 1.73 bits per heavy atom. The topological polar surface area (TPSA) is 83.1 Å². The first-order valence-corrected chi connectivity index (χ1v) is 9.38. The van der Waals surface area contributed by atoms with Crippen molar-refractivity contribution in [2.45, 2.75) is 18.9 Å². The Bertz CT molecular complexity index is 1020. The summed E-state index contributed by atoms with van der Waals surface area (Å²) in [5.41, 5.74) is 2.47. The van der Waals surface area contributed by atoms with Crippen LogP contribution in [0.2, 0.25) is 0 Å². The van der Waals surface area contributed by atoms with Gasteiger partial charge in [-0.1, -0.05) is 6.07 Å². The van der Waals surface area contributed by atoms with E-state index < -0.39 is 18.6 Å². The zero-order chi connectivity index (χ0) is 21.8. The number of rotatable bonds is 6. The molecule has 7 nitrogen and oxygen atoms in total. The van der Waals surface area contributed by atoms with E-state index in [1.807, 2.05) is 6.07 Å². The van der Waals surface area contributed by atoms with Gasteiger partial charge in [0.05, 0.1) is 34.5 Å². The summed E-state index contributed by atoms with van der Waals surface area (Å²) in [6.45, 7) is -1.14. The highest BCUT2D eigenvalue weighted by molar-refractivity contribution is 5.84. The first kappa shape index (κ1) is 21.4. The molecule has 0 saturated carbocycles.